The molecule has 0 spiro atoms. The maximum atomic E-state index is 5.97. The van der Waals surface area contributed by atoms with Gasteiger partial charge in [-0.3, -0.25) is 4.98 Å². The van der Waals surface area contributed by atoms with Crippen LogP contribution < -0.4 is 4.90 Å². The summed E-state index contributed by atoms with van der Waals surface area (Å²) in [6.45, 7) is 2.67. The van der Waals surface area contributed by atoms with Gasteiger partial charge in [-0.15, -0.1) is 11.6 Å². The fourth-order valence-corrected chi connectivity index (χ4v) is 2.62. The van der Waals surface area contributed by atoms with Gasteiger partial charge in [0.2, 0.25) is 0 Å². The van der Waals surface area contributed by atoms with Crippen LogP contribution in [0.1, 0.15) is 17.2 Å². The zero-order valence-corrected chi connectivity index (χ0v) is 12.9. The summed E-state index contributed by atoms with van der Waals surface area (Å²) in [5, 5.41) is 1.12. The number of anilines is 1. The first-order chi connectivity index (χ1) is 10.2. The molecule has 3 aromatic rings. The van der Waals surface area contributed by atoms with Crippen LogP contribution in [0.3, 0.4) is 0 Å². The van der Waals surface area contributed by atoms with Crippen LogP contribution in [-0.4, -0.2) is 12.0 Å². The quantitative estimate of drug-likeness (QED) is 0.664. The van der Waals surface area contributed by atoms with E-state index >= 15 is 0 Å². The number of aryl methyl sites for hydroxylation is 1. The van der Waals surface area contributed by atoms with Crippen LogP contribution in [0.25, 0.3) is 10.9 Å². The predicted octanol–water partition coefficient (Wildman–Crippen LogP) is 4.51. The molecule has 0 radical (unpaired) electrons. The highest BCUT2D eigenvalue weighted by molar-refractivity contribution is 6.17. The summed E-state index contributed by atoms with van der Waals surface area (Å²) in [5.74, 6) is 2.29. The van der Waals surface area contributed by atoms with Crippen LogP contribution in [0.2, 0.25) is 0 Å². The summed E-state index contributed by atoms with van der Waals surface area (Å²) >= 11 is 5.97. The summed E-state index contributed by atoms with van der Waals surface area (Å²) in [7, 11) is 2.05. The molecule has 0 aliphatic carbocycles. The van der Waals surface area contributed by atoms with Crippen molar-refractivity contribution in [3.8, 4) is 0 Å². The summed E-state index contributed by atoms with van der Waals surface area (Å²) < 4.78 is 5.66. The largest absolute Gasteiger partial charge is 0.464 e. The second-order valence-corrected chi connectivity index (χ2v) is 5.42. The van der Waals surface area contributed by atoms with E-state index in [2.05, 4.69) is 23.0 Å². The van der Waals surface area contributed by atoms with Crippen LogP contribution in [0.5, 0.6) is 0 Å². The molecule has 1 aromatic carbocycles. The molecule has 2 aromatic heterocycles. The minimum Gasteiger partial charge on any atom is -0.464 e. The van der Waals surface area contributed by atoms with Gasteiger partial charge in [0, 0.05) is 18.1 Å². The standard InChI is InChI=1S/C17H17ClN2O/c1-12-7-8-14(21-12)11-20(2)17-9-13(10-18)19-16-6-4-3-5-15(16)17/h3-9H,10-11H2,1-2H3. The number of hydrogen-bond donors (Lipinski definition) is 0. The van der Waals surface area contributed by atoms with Gasteiger partial charge in [-0.2, -0.15) is 0 Å². The molecule has 108 valence electrons. The summed E-state index contributed by atoms with van der Waals surface area (Å²) in [4.78, 5) is 6.73. The van der Waals surface area contributed by atoms with Crippen molar-refractivity contribution in [2.24, 2.45) is 0 Å². The molecule has 0 N–H and O–H groups in total. The molecule has 0 unspecified atom stereocenters. The van der Waals surface area contributed by atoms with E-state index in [1.54, 1.807) is 0 Å². The van der Waals surface area contributed by atoms with Crippen molar-refractivity contribution in [1.82, 2.24) is 4.98 Å². The van der Waals surface area contributed by atoms with Gasteiger partial charge < -0.3 is 9.32 Å². The smallest absolute Gasteiger partial charge is 0.123 e. The van der Waals surface area contributed by atoms with Crippen molar-refractivity contribution in [2.45, 2.75) is 19.3 Å². The van der Waals surface area contributed by atoms with Crippen LogP contribution >= 0.6 is 11.6 Å². The number of nitrogens with zero attached hydrogens (tertiary/aromatic N) is 2. The van der Waals surface area contributed by atoms with E-state index in [9.17, 15) is 0 Å². The highest BCUT2D eigenvalue weighted by Gasteiger charge is 2.11. The Hall–Kier alpha value is -2.00. The highest BCUT2D eigenvalue weighted by Crippen LogP contribution is 2.27. The van der Waals surface area contributed by atoms with E-state index in [1.807, 2.05) is 43.3 Å². The topological polar surface area (TPSA) is 29.3 Å². The monoisotopic (exact) mass is 300 g/mol. The molecule has 3 rings (SSSR count). The minimum absolute atomic E-state index is 0.408. The average molecular weight is 301 g/mol. The van der Waals surface area contributed by atoms with Gasteiger partial charge in [-0.25, -0.2) is 0 Å². The zero-order chi connectivity index (χ0) is 14.8. The van der Waals surface area contributed by atoms with Gasteiger partial charge in [-0.1, -0.05) is 18.2 Å². The van der Waals surface area contributed by atoms with Crippen molar-refractivity contribution in [3.63, 3.8) is 0 Å². The number of hydrogen-bond acceptors (Lipinski definition) is 3. The molecule has 0 amide bonds. The summed E-state index contributed by atoms with van der Waals surface area (Å²) in [6.07, 6.45) is 0. The van der Waals surface area contributed by atoms with Crippen molar-refractivity contribution in [1.29, 1.82) is 0 Å². The number of aromatic nitrogens is 1. The summed E-state index contributed by atoms with van der Waals surface area (Å²) in [6, 6.07) is 14.2. The van der Waals surface area contributed by atoms with Gasteiger partial charge in [0.05, 0.1) is 23.6 Å². The van der Waals surface area contributed by atoms with Crippen molar-refractivity contribution >= 4 is 28.2 Å². The number of rotatable bonds is 4. The Bertz CT molecular complexity index is 766. The Labute approximate surface area is 129 Å². The minimum atomic E-state index is 0.408. The van der Waals surface area contributed by atoms with Gasteiger partial charge >= 0.3 is 0 Å². The van der Waals surface area contributed by atoms with Crippen molar-refractivity contribution < 1.29 is 4.42 Å². The molecule has 0 fully saturated rings. The van der Waals surface area contributed by atoms with Crippen LogP contribution in [0.15, 0.2) is 46.9 Å². The predicted molar refractivity (Wildman–Crippen MR) is 86.9 cm³/mol. The molecular weight excluding hydrogens is 284 g/mol. The van der Waals surface area contributed by atoms with E-state index in [0.717, 1.165) is 33.8 Å². The fourth-order valence-electron chi connectivity index (χ4n) is 2.48. The third-order valence-electron chi connectivity index (χ3n) is 3.48. The van der Waals surface area contributed by atoms with Gasteiger partial charge in [0.15, 0.2) is 0 Å². The number of fused-ring (bicyclic) bond motifs is 1. The number of halogens is 1. The van der Waals surface area contributed by atoms with E-state index in [0.29, 0.717) is 12.4 Å². The van der Waals surface area contributed by atoms with E-state index in [-0.39, 0.29) is 0 Å². The van der Waals surface area contributed by atoms with Crippen molar-refractivity contribution in [2.75, 3.05) is 11.9 Å². The molecular formula is C17H17ClN2O. The number of benzene rings is 1. The Balaban J connectivity index is 2.01. The molecule has 0 bridgehead atoms. The molecule has 4 heteroatoms. The highest BCUT2D eigenvalue weighted by atomic mass is 35.5. The second kappa shape index (κ2) is 5.78. The number of para-hydroxylation sites is 1. The second-order valence-electron chi connectivity index (χ2n) is 5.15. The third kappa shape index (κ3) is 2.88. The first-order valence-electron chi connectivity index (χ1n) is 6.88. The lowest BCUT2D eigenvalue weighted by atomic mass is 10.1. The molecule has 21 heavy (non-hydrogen) atoms. The SMILES string of the molecule is Cc1ccc(CN(C)c2cc(CCl)nc3ccccc23)o1. The zero-order valence-electron chi connectivity index (χ0n) is 12.1. The third-order valence-corrected chi connectivity index (χ3v) is 3.76. The van der Waals surface area contributed by atoms with Gasteiger partial charge in [0.25, 0.3) is 0 Å². The average Bonchev–Trinajstić information content (AvgIpc) is 2.91. The lowest BCUT2D eigenvalue weighted by molar-refractivity contribution is 0.482. The van der Waals surface area contributed by atoms with E-state index in [1.165, 1.54) is 0 Å². The van der Waals surface area contributed by atoms with Gasteiger partial charge in [0.1, 0.15) is 11.5 Å². The normalized spacial score (nSPS) is 11.0. The van der Waals surface area contributed by atoms with E-state index in [4.69, 9.17) is 16.0 Å². The Morgan fingerprint density at radius 3 is 2.71 bits per heavy atom. The number of alkyl halides is 1. The van der Waals surface area contributed by atoms with Crippen LogP contribution in [0, 0.1) is 6.92 Å². The number of furan rings is 1. The molecule has 3 nitrogen and oxygen atoms in total. The van der Waals surface area contributed by atoms with Crippen LogP contribution in [0.4, 0.5) is 5.69 Å². The fraction of sp³-hybridized carbons (Fsp3) is 0.235. The molecule has 0 aliphatic rings. The first kappa shape index (κ1) is 14.0. The summed E-state index contributed by atoms with van der Waals surface area (Å²) in [5.41, 5.74) is 2.96. The lowest BCUT2D eigenvalue weighted by Gasteiger charge is -2.20. The molecule has 0 aliphatic heterocycles. The molecule has 2 heterocycles. The molecule has 0 saturated heterocycles. The Kier molecular flexibility index (Phi) is 3.84. The van der Waals surface area contributed by atoms with Gasteiger partial charge in [-0.05, 0) is 31.2 Å². The lowest BCUT2D eigenvalue weighted by Crippen LogP contribution is -2.16. The molecule has 0 atom stereocenters. The van der Waals surface area contributed by atoms with E-state index < -0.39 is 0 Å². The maximum absolute atomic E-state index is 5.97. The Morgan fingerprint density at radius 2 is 2.00 bits per heavy atom. The molecule has 0 saturated carbocycles. The Morgan fingerprint density at radius 1 is 1.19 bits per heavy atom. The van der Waals surface area contributed by atoms with Crippen LogP contribution in [-0.2, 0) is 12.4 Å². The maximum Gasteiger partial charge on any atom is 0.123 e. The van der Waals surface area contributed by atoms with Crippen molar-refractivity contribution in [3.05, 3.63) is 59.7 Å². The number of pyridine rings is 1. The first-order valence-corrected chi connectivity index (χ1v) is 7.42.